The van der Waals surface area contributed by atoms with Crippen molar-refractivity contribution in [2.24, 2.45) is 0 Å². The quantitative estimate of drug-likeness (QED) is 0.918. The van der Waals surface area contributed by atoms with Gasteiger partial charge in [-0.3, -0.25) is 4.68 Å². The predicted molar refractivity (Wildman–Crippen MR) is 75.0 cm³/mol. The summed E-state index contributed by atoms with van der Waals surface area (Å²) in [7, 11) is 1.95. The van der Waals surface area contributed by atoms with E-state index in [0.29, 0.717) is 12.6 Å². The molecule has 0 saturated carbocycles. The van der Waals surface area contributed by atoms with E-state index >= 15 is 0 Å². The van der Waals surface area contributed by atoms with Crippen molar-refractivity contribution < 1.29 is 0 Å². The molecule has 96 valence electrons. The number of nitrogens with one attached hydrogen (secondary N) is 1. The fourth-order valence-corrected chi connectivity index (χ4v) is 2.18. The Morgan fingerprint density at radius 2 is 2.11 bits per heavy atom. The third-order valence-corrected chi connectivity index (χ3v) is 3.69. The average Bonchev–Trinajstić information content (AvgIpc) is 2.73. The molecule has 3 nitrogen and oxygen atoms in total. The van der Waals surface area contributed by atoms with E-state index in [-0.39, 0.29) is 0 Å². The maximum atomic E-state index is 6.17. The van der Waals surface area contributed by atoms with Crippen molar-refractivity contribution in [1.82, 2.24) is 15.1 Å². The van der Waals surface area contributed by atoms with Gasteiger partial charge in [-0.05, 0) is 32.5 Å². The Bertz CT molecular complexity index is 534. The Kier molecular flexibility index (Phi) is 4.04. The van der Waals surface area contributed by atoms with Crippen LogP contribution in [0.25, 0.3) is 0 Å². The van der Waals surface area contributed by atoms with Crippen LogP contribution in [0.5, 0.6) is 0 Å². The van der Waals surface area contributed by atoms with Crippen LogP contribution in [0, 0.1) is 6.92 Å². The SMILES string of the molecule is CNC(C)c1cnn(Cc2ccccc2Cl)c1C. The summed E-state index contributed by atoms with van der Waals surface area (Å²) >= 11 is 6.17. The van der Waals surface area contributed by atoms with Crippen LogP contribution >= 0.6 is 11.6 Å². The molecular formula is C14H18ClN3. The van der Waals surface area contributed by atoms with Gasteiger partial charge >= 0.3 is 0 Å². The summed E-state index contributed by atoms with van der Waals surface area (Å²) in [5.74, 6) is 0. The minimum Gasteiger partial charge on any atom is -0.313 e. The van der Waals surface area contributed by atoms with Crippen LogP contribution in [-0.2, 0) is 6.54 Å². The van der Waals surface area contributed by atoms with Gasteiger partial charge in [0, 0.05) is 22.3 Å². The highest BCUT2D eigenvalue weighted by molar-refractivity contribution is 6.31. The van der Waals surface area contributed by atoms with Gasteiger partial charge in [-0.15, -0.1) is 0 Å². The van der Waals surface area contributed by atoms with Gasteiger partial charge in [-0.1, -0.05) is 29.8 Å². The molecule has 18 heavy (non-hydrogen) atoms. The minimum atomic E-state index is 0.310. The molecule has 1 aromatic carbocycles. The highest BCUT2D eigenvalue weighted by Crippen LogP contribution is 2.20. The van der Waals surface area contributed by atoms with Crippen molar-refractivity contribution in [3.05, 3.63) is 52.3 Å². The zero-order valence-corrected chi connectivity index (χ0v) is 11.7. The number of halogens is 1. The van der Waals surface area contributed by atoms with Crippen molar-refractivity contribution in [3.63, 3.8) is 0 Å². The molecule has 4 heteroatoms. The zero-order chi connectivity index (χ0) is 13.1. The Hall–Kier alpha value is -1.32. The second-order valence-electron chi connectivity index (χ2n) is 4.44. The summed E-state index contributed by atoms with van der Waals surface area (Å²) in [5.41, 5.74) is 3.50. The van der Waals surface area contributed by atoms with Crippen LogP contribution in [0.15, 0.2) is 30.5 Å². The summed E-state index contributed by atoms with van der Waals surface area (Å²) in [6.07, 6.45) is 1.92. The molecule has 2 rings (SSSR count). The maximum absolute atomic E-state index is 6.17. The van der Waals surface area contributed by atoms with E-state index in [0.717, 1.165) is 10.6 Å². The first kappa shape index (κ1) is 13.1. The number of nitrogens with zero attached hydrogens (tertiary/aromatic N) is 2. The molecule has 1 heterocycles. The molecule has 2 aromatic rings. The predicted octanol–water partition coefficient (Wildman–Crippen LogP) is 3.17. The molecule has 0 aliphatic rings. The highest BCUT2D eigenvalue weighted by atomic mass is 35.5. The number of hydrogen-bond donors (Lipinski definition) is 1. The highest BCUT2D eigenvalue weighted by Gasteiger charge is 2.12. The standard InChI is InChI=1S/C14H18ClN3/c1-10(16-3)13-8-17-18(11(13)2)9-12-6-4-5-7-14(12)15/h4-8,10,16H,9H2,1-3H3. The van der Waals surface area contributed by atoms with Crippen molar-refractivity contribution in [3.8, 4) is 0 Å². The largest absolute Gasteiger partial charge is 0.313 e. The minimum absolute atomic E-state index is 0.310. The zero-order valence-electron chi connectivity index (χ0n) is 10.9. The van der Waals surface area contributed by atoms with Crippen LogP contribution in [0.1, 0.15) is 29.8 Å². The lowest BCUT2D eigenvalue weighted by molar-refractivity contribution is 0.633. The Balaban J connectivity index is 2.26. The normalized spacial score (nSPS) is 12.7. The van der Waals surface area contributed by atoms with Crippen molar-refractivity contribution in [2.45, 2.75) is 26.4 Å². The fourth-order valence-electron chi connectivity index (χ4n) is 1.99. The van der Waals surface area contributed by atoms with E-state index in [9.17, 15) is 0 Å². The van der Waals surface area contributed by atoms with Gasteiger partial charge in [0.2, 0.25) is 0 Å². The lowest BCUT2D eigenvalue weighted by atomic mass is 10.1. The molecule has 0 fully saturated rings. The second kappa shape index (κ2) is 5.55. The summed E-state index contributed by atoms with van der Waals surface area (Å²) in [6, 6.07) is 8.19. The topological polar surface area (TPSA) is 29.9 Å². The Morgan fingerprint density at radius 1 is 1.39 bits per heavy atom. The van der Waals surface area contributed by atoms with Crippen LogP contribution < -0.4 is 5.32 Å². The number of benzene rings is 1. The smallest absolute Gasteiger partial charge is 0.0677 e. The van der Waals surface area contributed by atoms with E-state index in [1.54, 1.807) is 0 Å². The van der Waals surface area contributed by atoms with Gasteiger partial charge in [0.25, 0.3) is 0 Å². The molecule has 0 amide bonds. The van der Waals surface area contributed by atoms with Crippen LogP contribution in [0.3, 0.4) is 0 Å². The van der Waals surface area contributed by atoms with E-state index in [1.807, 2.05) is 42.2 Å². The van der Waals surface area contributed by atoms with E-state index in [1.165, 1.54) is 11.3 Å². The van der Waals surface area contributed by atoms with Gasteiger partial charge in [0.1, 0.15) is 0 Å². The van der Waals surface area contributed by atoms with E-state index in [4.69, 9.17) is 11.6 Å². The van der Waals surface area contributed by atoms with Crippen LogP contribution in [0.4, 0.5) is 0 Å². The molecule has 0 bridgehead atoms. The number of hydrogen-bond acceptors (Lipinski definition) is 2. The number of rotatable bonds is 4. The first-order valence-electron chi connectivity index (χ1n) is 6.06. The lowest BCUT2D eigenvalue weighted by Crippen LogP contribution is -2.13. The van der Waals surface area contributed by atoms with Crippen LogP contribution in [-0.4, -0.2) is 16.8 Å². The van der Waals surface area contributed by atoms with Crippen molar-refractivity contribution in [2.75, 3.05) is 7.05 Å². The maximum Gasteiger partial charge on any atom is 0.0677 e. The molecular weight excluding hydrogens is 246 g/mol. The fraction of sp³-hybridized carbons (Fsp3) is 0.357. The molecule has 1 N–H and O–H groups in total. The van der Waals surface area contributed by atoms with Gasteiger partial charge < -0.3 is 5.32 Å². The summed E-state index contributed by atoms with van der Waals surface area (Å²) < 4.78 is 1.99. The average molecular weight is 264 g/mol. The molecule has 0 saturated heterocycles. The molecule has 1 aromatic heterocycles. The number of aromatic nitrogens is 2. The van der Waals surface area contributed by atoms with Crippen LogP contribution in [0.2, 0.25) is 5.02 Å². The van der Waals surface area contributed by atoms with E-state index in [2.05, 4.69) is 24.3 Å². The summed E-state index contributed by atoms with van der Waals surface area (Å²) in [4.78, 5) is 0. The molecule has 1 atom stereocenters. The van der Waals surface area contributed by atoms with Crippen molar-refractivity contribution >= 4 is 11.6 Å². The Morgan fingerprint density at radius 3 is 2.78 bits per heavy atom. The molecule has 0 aliphatic heterocycles. The van der Waals surface area contributed by atoms with E-state index < -0.39 is 0 Å². The monoisotopic (exact) mass is 263 g/mol. The first-order chi connectivity index (χ1) is 8.63. The van der Waals surface area contributed by atoms with Gasteiger partial charge in [0.15, 0.2) is 0 Å². The second-order valence-corrected chi connectivity index (χ2v) is 4.85. The molecule has 0 aliphatic carbocycles. The van der Waals surface area contributed by atoms with Gasteiger partial charge in [0.05, 0.1) is 12.7 Å². The van der Waals surface area contributed by atoms with Gasteiger partial charge in [-0.25, -0.2) is 0 Å². The molecule has 1 unspecified atom stereocenters. The summed E-state index contributed by atoms with van der Waals surface area (Å²) in [5, 5.41) is 8.46. The summed E-state index contributed by atoms with van der Waals surface area (Å²) in [6.45, 7) is 4.93. The lowest BCUT2D eigenvalue weighted by Gasteiger charge is -2.11. The third kappa shape index (κ3) is 2.57. The van der Waals surface area contributed by atoms with Gasteiger partial charge in [-0.2, -0.15) is 5.10 Å². The van der Waals surface area contributed by atoms with Crippen molar-refractivity contribution in [1.29, 1.82) is 0 Å². The third-order valence-electron chi connectivity index (χ3n) is 3.32. The molecule has 0 spiro atoms. The molecule has 0 radical (unpaired) electrons. The Labute approximate surface area is 113 Å². The first-order valence-corrected chi connectivity index (χ1v) is 6.44.